The van der Waals surface area contributed by atoms with Crippen molar-refractivity contribution >= 4 is 0 Å². The fraction of sp³-hybridized carbons (Fsp3) is 0.0800. The minimum Gasteiger partial charge on any atom is -0.228 e. The summed E-state index contributed by atoms with van der Waals surface area (Å²) >= 11 is 0. The van der Waals surface area contributed by atoms with Crippen LogP contribution in [0.25, 0.3) is 78.4 Å². The summed E-state index contributed by atoms with van der Waals surface area (Å²) < 4.78 is 0. The number of rotatable bonds is 5. The molecule has 8 aromatic rings. The third kappa shape index (κ3) is 4.86. The number of benzene rings is 7. The van der Waals surface area contributed by atoms with Crippen LogP contribution in [0.15, 0.2) is 170 Å². The van der Waals surface area contributed by atoms with Gasteiger partial charge in [-0.05, 0) is 85.3 Å². The summed E-state index contributed by atoms with van der Waals surface area (Å²) in [4.78, 5) is 10.7. The molecule has 0 unspecified atom stereocenters. The van der Waals surface area contributed by atoms with Crippen LogP contribution in [0.2, 0.25) is 0 Å². The second-order valence-electron chi connectivity index (χ2n) is 14.6. The van der Waals surface area contributed by atoms with Crippen LogP contribution >= 0.6 is 0 Å². The van der Waals surface area contributed by atoms with Crippen LogP contribution in [0, 0.1) is 0 Å². The van der Waals surface area contributed by atoms with Gasteiger partial charge in [-0.2, -0.15) is 0 Å². The molecule has 0 bridgehead atoms. The van der Waals surface area contributed by atoms with Crippen molar-refractivity contribution in [2.45, 2.75) is 25.7 Å². The maximum atomic E-state index is 5.35. The fourth-order valence-corrected chi connectivity index (χ4v) is 8.50. The fourth-order valence-electron chi connectivity index (χ4n) is 8.50. The lowest BCUT2D eigenvalue weighted by Gasteiger charge is -2.22. The van der Waals surface area contributed by atoms with Gasteiger partial charge in [0.15, 0.2) is 5.82 Å². The van der Waals surface area contributed by atoms with Crippen molar-refractivity contribution in [1.29, 1.82) is 0 Å². The first-order valence-corrected chi connectivity index (χ1v) is 18.1. The lowest BCUT2D eigenvalue weighted by molar-refractivity contribution is 0.660. The molecular weight excluding hydrogens is 629 g/mol. The van der Waals surface area contributed by atoms with Gasteiger partial charge < -0.3 is 0 Å². The van der Waals surface area contributed by atoms with Crippen molar-refractivity contribution in [1.82, 2.24) is 9.97 Å². The van der Waals surface area contributed by atoms with Crippen molar-refractivity contribution in [2.75, 3.05) is 0 Å². The Hall–Kier alpha value is -6.38. The smallest absolute Gasteiger partial charge is 0.161 e. The van der Waals surface area contributed by atoms with Gasteiger partial charge in [0.2, 0.25) is 0 Å². The number of fused-ring (bicyclic) bond motifs is 6. The van der Waals surface area contributed by atoms with Crippen LogP contribution in [0.5, 0.6) is 0 Å². The van der Waals surface area contributed by atoms with Gasteiger partial charge in [-0.25, -0.2) is 9.97 Å². The molecule has 0 aliphatic heterocycles. The average molecular weight is 665 g/mol. The molecule has 1 aromatic heterocycles. The standard InChI is InChI=1S/C50H36N2/c1-50(2)43-20-12-11-19-41(43)42-28-25-36(30-44(42)50)32-21-23-33(24-22-32)40-27-26-38-29-37-17-9-10-18-39(37)47(38)48(40)49-51-45(34-13-5-3-6-14-34)31-46(52-49)35-15-7-4-8-16-35/h3-28,30-31H,29H2,1-2H3. The second kappa shape index (κ2) is 11.9. The Labute approximate surface area is 305 Å². The highest BCUT2D eigenvalue weighted by Crippen LogP contribution is 2.50. The van der Waals surface area contributed by atoms with Crippen LogP contribution in [-0.2, 0) is 11.8 Å². The summed E-state index contributed by atoms with van der Waals surface area (Å²) in [6, 6.07) is 61.3. The summed E-state index contributed by atoms with van der Waals surface area (Å²) in [6.45, 7) is 4.69. The van der Waals surface area contributed by atoms with Crippen LogP contribution in [0.3, 0.4) is 0 Å². The Morgan fingerprint density at radius 3 is 1.65 bits per heavy atom. The SMILES string of the molecule is CC1(C)c2ccccc2-c2ccc(-c3ccc(-c4ccc5c(c4-c4nc(-c6ccccc6)cc(-c6ccccc6)n4)-c4ccccc4C5)cc3)cc21. The molecule has 0 saturated carbocycles. The Balaban J connectivity index is 1.14. The molecule has 2 aliphatic rings. The van der Waals surface area contributed by atoms with E-state index in [4.69, 9.17) is 9.97 Å². The van der Waals surface area contributed by atoms with E-state index in [0.29, 0.717) is 0 Å². The summed E-state index contributed by atoms with van der Waals surface area (Å²) in [6.07, 6.45) is 0.903. The molecule has 0 spiro atoms. The topological polar surface area (TPSA) is 25.8 Å². The van der Waals surface area contributed by atoms with E-state index in [1.165, 1.54) is 55.6 Å². The molecule has 0 fully saturated rings. The van der Waals surface area contributed by atoms with E-state index >= 15 is 0 Å². The van der Waals surface area contributed by atoms with Gasteiger partial charge in [0.05, 0.1) is 11.4 Å². The van der Waals surface area contributed by atoms with Crippen molar-refractivity contribution in [3.63, 3.8) is 0 Å². The van der Waals surface area contributed by atoms with Crippen molar-refractivity contribution in [3.05, 3.63) is 192 Å². The molecule has 246 valence electrons. The summed E-state index contributed by atoms with van der Waals surface area (Å²) in [5.41, 5.74) is 20.4. The van der Waals surface area contributed by atoms with Gasteiger partial charge in [-0.3, -0.25) is 0 Å². The highest BCUT2D eigenvalue weighted by molar-refractivity contribution is 5.98. The van der Waals surface area contributed by atoms with Crippen LogP contribution < -0.4 is 0 Å². The molecule has 2 aliphatic carbocycles. The van der Waals surface area contributed by atoms with Gasteiger partial charge in [-0.1, -0.05) is 172 Å². The average Bonchev–Trinajstić information content (AvgIpc) is 3.70. The van der Waals surface area contributed by atoms with Gasteiger partial charge in [0.25, 0.3) is 0 Å². The first-order chi connectivity index (χ1) is 25.5. The normalized spacial score (nSPS) is 13.3. The second-order valence-corrected chi connectivity index (χ2v) is 14.6. The predicted octanol–water partition coefficient (Wildman–Crippen LogP) is 12.7. The molecule has 2 nitrogen and oxygen atoms in total. The minimum atomic E-state index is -0.0373. The van der Waals surface area contributed by atoms with Crippen LogP contribution in [-0.4, -0.2) is 9.97 Å². The highest BCUT2D eigenvalue weighted by atomic mass is 14.9. The zero-order chi connectivity index (χ0) is 34.8. The molecule has 7 aromatic carbocycles. The molecule has 0 amide bonds. The van der Waals surface area contributed by atoms with Crippen molar-refractivity contribution in [3.8, 4) is 78.4 Å². The van der Waals surface area contributed by atoms with Gasteiger partial charge in [-0.15, -0.1) is 0 Å². The number of aromatic nitrogens is 2. The zero-order valence-electron chi connectivity index (χ0n) is 29.3. The molecule has 0 saturated heterocycles. The van der Waals surface area contributed by atoms with E-state index in [1.54, 1.807) is 0 Å². The maximum Gasteiger partial charge on any atom is 0.161 e. The Bertz CT molecular complexity index is 2590. The Kier molecular flexibility index (Phi) is 6.94. The molecule has 2 heteroatoms. The van der Waals surface area contributed by atoms with E-state index in [-0.39, 0.29) is 5.41 Å². The zero-order valence-corrected chi connectivity index (χ0v) is 29.3. The third-order valence-electron chi connectivity index (χ3n) is 11.2. The van der Waals surface area contributed by atoms with E-state index in [1.807, 2.05) is 0 Å². The molecule has 52 heavy (non-hydrogen) atoms. The number of nitrogens with zero attached hydrogens (tertiary/aromatic N) is 2. The van der Waals surface area contributed by atoms with E-state index < -0.39 is 0 Å². The van der Waals surface area contributed by atoms with Crippen molar-refractivity contribution in [2.24, 2.45) is 0 Å². The minimum absolute atomic E-state index is 0.0373. The van der Waals surface area contributed by atoms with Crippen LogP contribution in [0.1, 0.15) is 36.1 Å². The van der Waals surface area contributed by atoms with Gasteiger partial charge in [0.1, 0.15) is 0 Å². The summed E-state index contributed by atoms with van der Waals surface area (Å²) in [5, 5.41) is 0. The number of hydrogen-bond donors (Lipinski definition) is 0. The van der Waals surface area contributed by atoms with Gasteiger partial charge in [0, 0.05) is 22.1 Å². The van der Waals surface area contributed by atoms with Gasteiger partial charge >= 0.3 is 0 Å². The van der Waals surface area contributed by atoms with Crippen LogP contribution in [0.4, 0.5) is 0 Å². The van der Waals surface area contributed by atoms with Crippen molar-refractivity contribution < 1.29 is 0 Å². The molecule has 0 radical (unpaired) electrons. The first kappa shape index (κ1) is 30.4. The monoisotopic (exact) mass is 664 g/mol. The predicted molar refractivity (Wildman–Crippen MR) is 215 cm³/mol. The third-order valence-corrected chi connectivity index (χ3v) is 11.2. The lowest BCUT2D eigenvalue weighted by atomic mass is 9.81. The molecule has 1 heterocycles. The van der Waals surface area contributed by atoms with E-state index in [9.17, 15) is 0 Å². The largest absolute Gasteiger partial charge is 0.228 e. The molecule has 10 rings (SSSR count). The Morgan fingerprint density at radius 2 is 0.942 bits per heavy atom. The highest BCUT2D eigenvalue weighted by Gasteiger charge is 2.35. The van der Waals surface area contributed by atoms with E-state index in [0.717, 1.165) is 51.5 Å². The Morgan fingerprint density at radius 1 is 0.385 bits per heavy atom. The summed E-state index contributed by atoms with van der Waals surface area (Å²) in [5.74, 6) is 0.744. The first-order valence-electron chi connectivity index (χ1n) is 18.1. The number of hydrogen-bond acceptors (Lipinski definition) is 2. The van der Waals surface area contributed by atoms with E-state index in [2.05, 4.69) is 184 Å². The summed E-state index contributed by atoms with van der Waals surface area (Å²) in [7, 11) is 0. The molecular formula is C50H36N2. The molecule has 0 N–H and O–H groups in total. The maximum absolute atomic E-state index is 5.35. The molecule has 0 atom stereocenters. The quantitative estimate of drug-likeness (QED) is 0.183. The lowest BCUT2D eigenvalue weighted by Crippen LogP contribution is -2.14.